The Bertz CT molecular complexity index is 908. The highest BCUT2D eigenvalue weighted by molar-refractivity contribution is 8.00. The Morgan fingerprint density at radius 3 is 2.38 bits per heavy atom. The molecule has 3 rings (SSSR count). The number of anilines is 1. The quantitative estimate of drug-likeness (QED) is 0.787. The lowest BCUT2D eigenvalue weighted by Gasteiger charge is -2.23. The van der Waals surface area contributed by atoms with Crippen LogP contribution in [0.15, 0.2) is 57.2 Å². The SMILES string of the molecule is COC(=O)c1cc(N2CCCC2)c(Sc2ccccc2)c(S(N)(=O)=O)c1. The minimum absolute atomic E-state index is 0.0591. The van der Waals surface area contributed by atoms with E-state index in [0.29, 0.717) is 10.6 Å². The number of carbonyl (C=O) groups excluding carboxylic acids is 1. The number of nitrogens with two attached hydrogens (primary N) is 1. The van der Waals surface area contributed by atoms with Gasteiger partial charge in [-0.3, -0.25) is 0 Å². The van der Waals surface area contributed by atoms with Gasteiger partial charge in [0.2, 0.25) is 10.0 Å². The van der Waals surface area contributed by atoms with Crippen LogP contribution in [0.2, 0.25) is 0 Å². The lowest BCUT2D eigenvalue weighted by Crippen LogP contribution is -2.22. The van der Waals surface area contributed by atoms with Gasteiger partial charge in [-0.25, -0.2) is 18.4 Å². The molecule has 8 heteroatoms. The second-order valence-electron chi connectivity index (χ2n) is 5.97. The number of methoxy groups -OCH3 is 1. The molecule has 26 heavy (non-hydrogen) atoms. The third-order valence-electron chi connectivity index (χ3n) is 4.17. The molecule has 2 aromatic carbocycles. The van der Waals surface area contributed by atoms with E-state index in [9.17, 15) is 13.2 Å². The maximum absolute atomic E-state index is 12.3. The zero-order chi connectivity index (χ0) is 18.7. The summed E-state index contributed by atoms with van der Waals surface area (Å²) >= 11 is 1.33. The van der Waals surface area contributed by atoms with Crippen LogP contribution in [0.25, 0.3) is 0 Å². The second kappa shape index (κ2) is 7.69. The number of primary sulfonamides is 1. The van der Waals surface area contributed by atoms with Crippen molar-refractivity contribution < 1.29 is 17.9 Å². The molecule has 6 nitrogen and oxygen atoms in total. The van der Waals surface area contributed by atoms with Gasteiger partial charge in [0.1, 0.15) is 0 Å². The molecule has 1 saturated heterocycles. The summed E-state index contributed by atoms with van der Waals surface area (Å²) in [6.07, 6.45) is 2.03. The van der Waals surface area contributed by atoms with Crippen LogP contribution in [0.3, 0.4) is 0 Å². The van der Waals surface area contributed by atoms with E-state index in [4.69, 9.17) is 9.88 Å². The Morgan fingerprint density at radius 1 is 1.15 bits per heavy atom. The highest BCUT2D eigenvalue weighted by Gasteiger charge is 2.26. The van der Waals surface area contributed by atoms with Gasteiger partial charge in [0.05, 0.1) is 28.2 Å². The van der Waals surface area contributed by atoms with Gasteiger partial charge in [-0.2, -0.15) is 0 Å². The van der Waals surface area contributed by atoms with Crippen LogP contribution in [0.1, 0.15) is 23.2 Å². The van der Waals surface area contributed by atoms with Crippen LogP contribution in [0.4, 0.5) is 5.69 Å². The molecule has 138 valence electrons. The Kier molecular flexibility index (Phi) is 5.55. The molecule has 1 aliphatic rings. The monoisotopic (exact) mass is 392 g/mol. The van der Waals surface area contributed by atoms with Gasteiger partial charge < -0.3 is 9.64 Å². The van der Waals surface area contributed by atoms with Gasteiger partial charge in [0.25, 0.3) is 0 Å². The summed E-state index contributed by atoms with van der Waals surface area (Å²) in [6, 6.07) is 12.5. The van der Waals surface area contributed by atoms with E-state index >= 15 is 0 Å². The molecule has 0 bridgehead atoms. The molecule has 0 unspecified atom stereocenters. The van der Waals surface area contributed by atoms with Crippen LogP contribution >= 0.6 is 11.8 Å². The van der Waals surface area contributed by atoms with Crippen LogP contribution in [-0.2, 0) is 14.8 Å². The average Bonchev–Trinajstić information content (AvgIpc) is 3.15. The van der Waals surface area contributed by atoms with Gasteiger partial charge in [-0.15, -0.1) is 0 Å². The number of carbonyl (C=O) groups is 1. The maximum Gasteiger partial charge on any atom is 0.337 e. The lowest BCUT2D eigenvalue weighted by atomic mass is 10.2. The minimum Gasteiger partial charge on any atom is -0.465 e. The summed E-state index contributed by atoms with van der Waals surface area (Å²) in [7, 11) is -2.76. The first-order chi connectivity index (χ1) is 12.4. The summed E-state index contributed by atoms with van der Waals surface area (Å²) < 4.78 is 29.3. The molecule has 0 aliphatic carbocycles. The lowest BCUT2D eigenvalue weighted by molar-refractivity contribution is 0.0600. The predicted octanol–water partition coefficient (Wildman–Crippen LogP) is 2.87. The second-order valence-corrected chi connectivity index (χ2v) is 8.58. The third kappa shape index (κ3) is 4.03. The normalized spacial score (nSPS) is 14.5. The summed E-state index contributed by atoms with van der Waals surface area (Å²) in [5.41, 5.74) is 0.874. The van der Waals surface area contributed by atoms with E-state index < -0.39 is 16.0 Å². The van der Waals surface area contributed by atoms with E-state index in [1.807, 2.05) is 30.3 Å². The fraction of sp³-hybridized carbons (Fsp3) is 0.278. The molecular weight excluding hydrogens is 372 g/mol. The molecule has 0 aromatic heterocycles. The first-order valence-corrected chi connectivity index (χ1v) is 10.5. The Morgan fingerprint density at radius 2 is 1.81 bits per heavy atom. The van der Waals surface area contributed by atoms with Crippen LogP contribution in [0.5, 0.6) is 0 Å². The van der Waals surface area contributed by atoms with E-state index in [-0.39, 0.29) is 10.5 Å². The van der Waals surface area contributed by atoms with Crippen molar-refractivity contribution in [2.24, 2.45) is 5.14 Å². The number of hydrogen-bond donors (Lipinski definition) is 1. The van der Waals surface area contributed by atoms with Crippen LogP contribution < -0.4 is 10.0 Å². The number of benzene rings is 2. The number of nitrogens with zero attached hydrogens (tertiary/aromatic N) is 1. The first-order valence-electron chi connectivity index (χ1n) is 8.17. The van der Waals surface area contributed by atoms with Crippen molar-refractivity contribution in [1.29, 1.82) is 0 Å². The molecule has 0 radical (unpaired) electrons. The first kappa shape index (κ1) is 18.8. The summed E-state index contributed by atoms with van der Waals surface area (Å²) in [5, 5.41) is 5.48. The van der Waals surface area contributed by atoms with E-state index in [0.717, 1.165) is 30.8 Å². The largest absolute Gasteiger partial charge is 0.465 e. The summed E-state index contributed by atoms with van der Waals surface area (Å²) in [6.45, 7) is 1.61. The van der Waals surface area contributed by atoms with Crippen molar-refractivity contribution in [3.63, 3.8) is 0 Å². The maximum atomic E-state index is 12.3. The molecule has 2 aromatic rings. The average molecular weight is 393 g/mol. The molecule has 0 saturated carbocycles. The standard InChI is InChI=1S/C18H20N2O4S2/c1-24-18(21)13-11-15(20-9-5-6-10-20)17(16(12-13)26(19,22)23)25-14-7-3-2-4-8-14/h2-4,7-8,11-12H,5-6,9-10H2,1H3,(H2,19,22,23). The third-order valence-corrected chi connectivity index (χ3v) is 6.38. The van der Waals surface area contributed by atoms with Crippen LogP contribution in [-0.4, -0.2) is 34.6 Å². The zero-order valence-corrected chi connectivity index (χ0v) is 16.0. The summed E-state index contributed by atoms with van der Waals surface area (Å²) in [5.74, 6) is -0.591. The molecule has 0 spiro atoms. The molecule has 1 aliphatic heterocycles. The topological polar surface area (TPSA) is 89.7 Å². The van der Waals surface area contributed by atoms with E-state index in [2.05, 4.69) is 4.90 Å². The molecule has 2 N–H and O–H groups in total. The van der Waals surface area contributed by atoms with Gasteiger partial charge >= 0.3 is 5.97 Å². The van der Waals surface area contributed by atoms with Gasteiger partial charge in [0, 0.05) is 18.0 Å². The zero-order valence-electron chi connectivity index (χ0n) is 14.3. The molecule has 0 atom stereocenters. The molecule has 0 amide bonds. The van der Waals surface area contributed by atoms with Crippen molar-refractivity contribution >= 4 is 33.4 Å². The Hall–Kier alpha value is -2.03. The highest BCUT2D eigenvalue weighted by atomic mass is 32.2. The summed E-state index contributed by atoms with van der Waals surface area (Å²) in [4.78, 5) is 15.5. The van der Waals surface area contributed by atoms with Crippen molar-refractivity contribution in [2.45, 2.75) is 27.5 Å². The fourth-order valence-corrected chi connectivity index (χ4v) is 5.05. The van der Waals surface area contributed by atoms with Crippen molar-refractivity contribution in [2.75, 3.05) is 25.1 Å². The number of ether oxygens (including phenoxy) is 1. The smallest absolute Gasteiger partial charge is 0.337 e. The molecular formula is C18H20N2O4S2. The van der Waals surface area contributed by atoms with Crippen molar-refractivity contribution in [3.8, 4) is 0 Å². The number of hydrogen-bond acceptors (Lipinski definition) is 6. The van der Waals surface area contributed by atoms with E-state index in [1.165, 1.54) is 24.9 Å². The number of esters is 1. The van der Waals surface area contributed by atoms with Gasteiger partial charge in [0.15, 0.2) is 0 Å². The van der Waals surface area contributed by atoms with Crippen molar-refractivity contribution in [3.05, 3.63) is 48.0 Å². The number of rotatable bonds is 5. The number of sulfonamides is 1. The Labute approximate surface area is 157 Å². The molecule has 1 heterocycles. The van der Waals surface area contributed by atoms with E-state index in [1.54, 1.807) is 6.07 Å². The van der Waals surface area contributed by atoms with Crippen LogP contribution in [0, 0.1) is 0 Å². The van der Waals surface area contributed by atoms with Gasteiger partial charge in [-0.05, 0) is 37.1 Å². The highest BCUT2D eigenvalue weighted by Crippen LogP contribution is 2.41. The Balaban J connectivity index is 2.21. The fourth-order valence-electron chi connectivity index (χ4n) is 2.94. The van der Waals surface area contributed by atoms with Gasteiger partial charge in [-0.1, -0.05) is 30.0 Å². The predicted molar refractivity (Wildman–Crippen MR) is 101 cm³/mol. The minimum atomic E-state index is -4.03. The van der Waals surface area contributed by atoms with Crippen molar-refractivity contribution in [1.82, 2.24) is 0 Å². The molecule has 1 fully saturated rings.